The molecule has 2 N–H and O–H groups in total. The van der Waals surface area contributed by atoms with Crippen molar-refractivity contribution in [1.29, 1.82) is 0 Å². The Kier molecular flexibility index (Phi) is 10.2. The third-order valence-corrected chi connectivity index (χ3v) is 5.39. The molecule has 1 aliphatic rings. The van der Waals surface area contributed by atoms with Crippen LogP contribution < -0.4 is 15.5 Å². The second-order valence-corrected chi connectivity index (χ2v) is 8.37. The Balaban J connectivity index is 2.71. The highest BCUT2D eigenvalue weighted by molar-refractivity contribution is 6.10. The monoisotopic (exact) mass is 499 g/mol. The van der Waals surface area contributed by atoms with E-state index in [4.69, 9.17) is 0 Å². The number of hydrogen-bond donors (Lipinski definition) is 2. The Labute approximate surface area is 203 Å². The molecular formula is C24H33F4N5O2. The van der Waals surface area contributed by atoms with Gasteiger partial charge in [0.15, 0.2) is 0 Å². The number of anilines is 1. The topological polar surface area (TPSA) is 78.8 Å². The maximum atomic E-state index is 14.2. The molecule has 0 bridgehead atoms. The van der Waals surface area contributed by atoms with Crippen molar-refractivity contribution in [3.8, 4) is 0 Å². The number of rotatable bonds is 7. The van der Waals surface area contributed by atoms with Crippen LogP contribution in [0.3, 0.4) is 0 Å². The minimum Gasteiger partial charge on any atom is -0.453 e. The van der Waals surface area contributed by atoms with E-state index in [-0.39, 0.29) is 41.0 Å². The largest absolute Gasteiger partial charge is 0.453 e. The highest BCUT2D eigenvalue weighted by atomic mass is 19.4. The lowest BCUT2D eigenvalue weighted by Gasteiger charge is -2.33. The van der Waals surface area contributed by atoms with Gasteiger partial charge in [0, 0.05) is 43.9 Å². The number of pyridine rings is 1. The molecule has 2 unspecified atom stereocenters. The molecule has 0 aromatic carbocycles. The van der Waals surface area contributed by atoms with Crippen molar-refractivity contribution in [2.24, 2.45) is 4.99 Å². The minimum absolute atomic E-state index is 0.0138. The Bertz CT molecular complexity index is 973. The van der Waals surface area contributed by atoms with Crippen molar-refractivity contribution in [1.82, 2.24) is 15.6 Å². The predicted octanol–water partition coefficient (Wildman–Crippen LogP) is 5.10. The Morgan fingerprint density at radius 2 is 2.14 bits per heavy atom. The number of alkyl halides is 4. The molecule has 0 spiro atoms. The number of alkyl carbamates (subject to hydrolysis) is 1. The van der Waals surface area contributed by atoms with Crippen molar-refractivity contribution < 1.29 is 27.1 Å². The zero-order valence-electron chi connectivity index (χ0n) is 20.7. The zero-order chi connectivity index (χ0) is 26.2. The first-order chi connectivity index (χ1) is 16.5. The first kappa shape index (κ1) is 28.3. The number of allylic oxidation sites excluding steroid dienone is 2. The molecule has 11 heteroatoms. The summed E-state index contributed by atoms with van der Waals surface area (Å²) in [6.45, 7) is 8.28. The van der Waals surface area contributed by atoms with Gasteiger partial charge in [0.1, 0.15) is 17.8 Å². The maximum absolute atomic E-state index is 14.2. The van der Waals surface area contributed by atoms with Crippen LogP contribution in [0.2, 0.25) is 0 Å². The predicted molar refractivity (Wildman–Crippen MR) is 129 cm³/mol. The number of carbonyl (C=O) groups is 1. The number of aliphatic imine (C=N–C) groups is 1. The molecule has 35 heavy (non-hydrogen) atoms. The fourth-order valence-corrected chi connectivity index (χ4v) is 3.60. The molecule has 2 rings (SSSR count). The summed E-state index contributed by atoms with van der Waals surface area (Å²) >= 11 is 0. The van der Waals surface area contributed by atoms with Crippen LogP contribution in [0.4, 0.5) is 28.2 Å². The van der Waals surface area contributed by atoms with Crippen LogP contribution in [-0.4, -0.2) is 55.9 Å². The van der Waals surface area contributed by atoms with E-state index in [0.29, 0.717) is 26.1 Å². The summed E-state index contributed by atoms with van der Waals surface area (Å²) in [5.74, 6) is 0.167. The van der Waals surface area contributed by atoms with Gasteiger partial charge < -0.3 is 15.0 Å². The first-order valence-electron chi connectivity index (χ1n) is 11.5. The van der Waals surface area contributed by atoms with Gasteiger partial charge in [-0.2, -0.15) is 13.2 Å². The van der Waals surface area contributed by atoms with Gasteiger partial charge in [-0.1, -0.05) is 13.0 Å². The molecular weight excluding hydrogens is 466 g/mol. The highest BCUT2D eigenvalue weighted by Crippen LogP contribution is 2.34. The van der Waals surface area contributed by atoms with Gasteiger partial charge in [-0.15, -0.1) is 0 Å². The quantitative estimate of drug-likeness (QED) is 0.310. The summed E-state index contributed by atoms with van der Waals surface area (Å²) in [7, 11) is 1.16. The molecule has 0 aliphatic carbocycles. The summed E-state index contributed by atoms with van der Waals surface area (Å²) in [4.78, 5) is 22.5. The third kappa shape index (κ3) is 8.34. The molecule has 2 heterocycles. The lowest BCUT2D eigenvalue weighted by molar-refractivity contribution is -0.137. The summed E-state index contributed by atoms with van der Waals surface area (Å²) in [5, 5.41) is 5.70. The van der Waals surface area contributed by atoms with Gasteiger partial charge in [-0.3, -0.25) is 5.32 Å². The van der Waals surface area contributed by atoms with E-state index in [1.165, 1.54) is 13.1 Å². The van der Waals surface area contributed by atoms with E-state index in [1.54, 1.807) is 17.9 Å². The van der Waals surface area contributed by atoms with Gasteiger partial charge in [-0.25, -0.2) is 19.2 Å². The average molecular weight is 500 g/mol. The standard InChI is InChI=1S/C24H33F4N5O2/c1-6-7-8-30-22(32-23(34)35-5)19(11-15(2)25)17(4)20-12-18(24(26,27)28)13-21(31-20)33-10-9-29-16(3)14-33/h7-8,12-13,15-16,29H,6,9-11,14H2,1-5H3,(H,30,32,34)/b8-7+,19-17+. The second-order valence-electron chi connectivity index (χ2n) is 8.37. The number of aromatic nitrogens is 1. The van der Waals surface area contributed by atoms with Crippen LogP contribution in [0.1, 0.15) is 51.8 Å². The molecule has 2 atom stereocenters. The lowest BCUT2D eigenvalue weighted by Crippen LogP contribution is -2.49. The summed E-state index contributed by atoms with van der Waals surface area (Å²) in [6, 6.07) is 2.04. The molecule has 0 radical (unpaired) electrons. The number of halogens is 4. The van der Waals surface area contributed by atoms with Crippen LogP contribution in [0.5, 0.6) is 0 Å². The average Bonchev–Trinajstić information content (AvgIpc) is 2.80. The third-order valence-electron chi connectivity index (χ3n) is 5.39. The highest BCUT2D eigenvalue weighted by Gasteiger charge is 2.33. The Morgan fingerprint density at radius 1 is 1.43 bits per heavy atom. The van der Waals surface area contributed by atoms with Gasteiger partial charge in [0.05, 0.1) is 18.4 Å². The van der Waals surface area contributed by atoms with Crippen LogP contribution in [0.15, 0.2) is 35.0 Å². The molecule has 1 aliphatic heterocycles. The number of nitrogens with zero attached hydrogens (tertiary/aromatic N) is 3. The van der Waals surface area contributed by atoms with Crippen molar-refractivity contribution in [2.75, 3.05) is 31.6 Å². The number of amides is 1. The van der Waals surface area contributed by atoms with Gasteiger partial charge in [0.2, 0.25) is 0 Å². The number of piperazine rings is 1. The number of carbonyl (C=O) groups excluding carboxylic acids is 1. The van der Waals surface area contributed by atoms with E-state index in [2.05, 4.69) is 25.3 Å². The molecule has 1 aromatic rings. The molecule has 1 fully saturated rings. The second kappa shape index (κ2) is 12.7. The molecule has 0 saturated carbocycles. The fraction of sp³-hybridized carbons (Fsp3) is 0.542. The Morgan fingerprint density at radius 3 is 2.71 bits per heavy atom. The van der Waals surface area contributed by atoms with E-state index in [9.17, 15) is 22.4 Å². The molecule has 194 valence electrons. The van der Waals surface area contributed by atoms with Crippen LogP contribution in [-0.2, 0) is 10.9 Å². The fourth-order valence-electron chi connectivity index (χ4n) is 3.60. The van der Waals surface area contributed by atoms with Crippen molar-refractivity contribution in [2.45, 2.75) is 58.9 Å². The van der Waals surface area contributed by atoms with Crippen LogP contribution in [0, 0.1) is 0 Å². The summed E-state index contributed by atoms with van der Waals surface area (Å²) in [6.07, 6.45) is -3.19. The smallest absolute Gasteiger partial charge is 0.416 e. The van der Waals surface area contributed by atoms with Crippen molar-refractivity contribution in [3.05, 3.63) is 41.2 Å². The van der Waals surface area contributed by atoms with Crippen molar-refractivity contribution >= 4 is 23.3 Å². The molecule has 1 aromatic heterocycles. The minimum atomic E-state index is -4.61. The molecule has 1 amide bonds. The normalized spacial score (nSPS) is 18.9. The van der Waals surface area contributed by atoms with Crippen LogP contribution >= 0.6 is 0 Å². The van der Waals surface area contributed by atoms with Gasteiger partial charge in [0.25, 0.3) is 0 Å². The SMILES string of the molecule is CC/C=C/N=C(NC(=O)OC)/C(CC(C)F)=C(\C)c1cc(C(F)(F)F)cc(N2CCNC(C)C2)n1. The number of methoxy groups -OCH3 is 1. The van der Waals surface area contributed by atoms with E-state index in [0.717, 1.165) is 19.2 Å². The van der Waals surface area contributed by atoms with Gasteiger partial charge in [-0.05, 0) is 44.9 Å². The number of amidine groups is 1. The van der Waals surface area contributed by atoms with Crippen molar-refractivity contribution in [3.63, 3.8) is 0 Å². The maximum Gasteiger partial charge on any atom is 0.416 e. The number of hydrogen-bond acceptors (Lipinski definition) is 6. The zero-order valence-corrected chi connectivity index (χ0v) is 20.7. The first-order valence-corrected chi connectivity index (χ1v) is 11.5. The molecule has 7 nitrogen and oxygen atoms in total. The number of ether oxygens (including phenoxy) is 1. The van der Waals surface area contributed by atoms with Gasteiger partial charge >= 0.3 is 12.3 Å². The van der Waals surface area contributed by atoms with E-state index in [1.807, 2.05) is 13.8 Å². The summed E-state index contributed by atoms with van der Waals surface area (Å²) in [5.41, 5.74) is -0.348. The summed E-state index contributed by atoms with van der Waals surface area (Å²) < 4.78 is 60.3. The van der Waals surface area contributed by atoms with E-state index < -0.39 is 24.0 Å². The number of nitrogens with one attached hydrogen (secondary N) is 2. The lowest BCUT2D eigenvalue weighted by atomic mass is 9.98. The molecule has 1 saturated heterocycles. The Hall–Kier alpha value is -2.95. The van der Waals surface area contributed by atoms with Crippen LogP contribution in [0.25, 0.3) is 5.57 Å². The van der Waals surface area contributed by atoms with E-state index >= 15 is 0 Å².